The maximum absolute atomic E-state index is 13.6. The van der Waals surface area contributed by atoms with E-state index < -0.39 is 11.6 Å². The molecular weight excluding hydrogens is 379 g/mol. The van der Waals surface area contributed by atoms with Gasteiger partial charge in [0, 0.05) is 18.6 Å². The Hall–Kier alpha value is -3.53. The Morgan fingerprint density at radius 1 is 1.41 bits per heavy atom. The Balaban J connectivity index is 1.72. The first-order valence-electron chi connectivity index (χ1n) is 8.85. The van der Waals surface area contributed by atoms with Crippen molar-refractivity contribution in [2.24, 2.45) is 7.05 Å². The fourth-order valence-corrected chi connectivity index (χ4v) is 2.92. The van der Waals surface area contributed by atoms with Crippen molar-refractivity contribution < 1.29 is 19.0 Å². The number of carbonyl (C=O) groups is 1. The minimum atomic E-state index is -0.831. The molecule has 0 bridgehead atoms. The molecule has 0 saturated carbocycles. The van der Waals surface area contributed by atoms with E-state index in [1.165, 1.54) is 18.3 Å². The van der Waals surface area contributed by atoms with E-state index >= 15 is 0 Å². The fraction of sp³-hybridized carbons (Fsp3) is 0.263. The van der Waals surface area contributed by atoms with E-state index in [4.69, 9.17) is 4.74 Å². The molecule has 9 nitrogen and oxygen atoms in total. The number of ether oxygens (including phenoxy) is 1. The van der Waals surface area contributed by atoms with Crippen LogP contribution in [-0.2, 0) is 7.05 Å². The molecule has 1 amide bonds. The van der Waals surface area contributed by atoms with Crippen molar-refractivity contribution in [3.05, 3.63) is 36.4 Å². The molecule has 3 N–H and O–H groups in total. The van der Waals surface area contributed by atoms with Gasteiger partial charge in [0.1, 0.15) is 17.2 Å². The van der Waals surface area contributed by atoms with Gasteiger partial charge in [0.15, 0.2) is 16.9 Å². The van der Waals surface area contributed by atoms with Crippen LogP contribution in [0.15, 0.2) is 30.6 Å². The minimum Gasteiger partial charge on any atom is -0.406 e. The molecule has 0 fully saturated rings. The van der Waals surface area contributed by atoms with Gasteiger partial charge in [-0.1, -0.05) is 0 Å². The third kappa shape index (κ3) is 3.49. The van der Waals surface area contributed by atoms with Gasteiger partial charge in [0.25, 0.3) is 0 Å². The molecule has 0 spiro atoms. The average molecular weight is 398 g/mol. The lowest BCUT2D eigenvalue weighted by molar-refractivity contribution is 0.159. The number of aromatic amines is 1. The van der Waals surface area contributed by atoms with Gasteiger partial charge in [-0.15, -0.1) is 0 Å². The predicted octanol–water partition coefficient (Wildman–Crippen LogP) is 2.51. The number of aryl methyl sites for hydroxylation is 1. The topological polar surface area (TPSA) is 118 Å². The van der Waals surface area contributed by atoms with Crippen molar-refractivity contribution in [2.75, 3.05) is 6.61 Å². The molecule has 0 aliphatic rings. The van der Waals surface area contributed by atoms with Gasteiger partial charge in [0.05, 0.1) is 23.9 Å². The second-order valence-corrected chi connectivity index (χ2v) is 7.30. The van der Waals surface area contributed by atoms with E-state index in [9.17, 15) is 14.3 Å². The van der Waals surface area contributed by atoms with Gasteiger partial charge in [-0.25, -0.2) is 19.2 Å². The molecule has 0 aliphatic heterocycles. The number of H-pyrrole nitrogens is 1. The van der Waals surface area contributed by atoms with Gasteiger partial charge in [-0.05, 0) is 32.0 Å². The smallest absolute Gasteiger partial charge is 0.406 e. The van der Waals surface area contributed by atoms with Gasteiger partial charge < -0.3 is 20.1 Å². The van der Waals surface area contributed by atoms with Crippen LogP contribution >= 0.6 is 0 Å². The zero-order valence-corrected chi connectivity index (χ0v) is 16.0. The predicted molar refractivity (Wildman–Crippen MR) is 104 cm³/mol. The third-order valence-electron chi connectivity index (χ3n) is 4.44. The monoisotopic (exact) mass is 398 g/mol. The molecule has 0 unspecified atom stereocenters. The number of aromatic nitrogens is 5. The van der Waals surface area contributed by atoms with Crippen molar-refractivity contribution in [3.63, 3.8) is 0 Å². The number of rotatable bonds is 4. The molecule has 0 atom stereocenters. The summed E-state index contributed by atoms with van der Waals surface area (Å²) in [6.07, 6.45) is 2.30. The van der Waals surface area contributed by atoms with E-state index in [1.807, 2.05) is 0 Å². The number of nitrogens with zero attached hydrogens (tertiary/aromatic N) is 4. The Morgan fingerprint density at radius 2 is 2.21 bits per heavy atom. The average Bonchev–Trinajstić information content (AvgIpc) is 3.22. The van der Waals surface area contributed by atoms with Crippen LogP contribution in [0, 0.1) is 5.82 Å². The Labute approximate surface area is 164 Å². The highest BCUT2D eigenvalue weighted by molar-refractivity contribution is 5.93. The van der Waals surface area contributed by atoms with Crippen LogP contribution in [0.5, 0.6) is 5.75 Å². The lowest BCUT2D eigenvalue weighted by atomic mass is 10.1. The fourth-order valence-electron chi connectivity index (χ4n) is 2.92. The van der Waals surface area contributed by atoms with E-state index in [0.717, 1.165) is 5.39 Å². The van der Waals surface area contributed by atoms with Crippen LogP contribution in [0.2, 0.25) is 0 Å². The highest BCUT2D eigenvalue weighted by Gasteiger charge is 2.22. The molecule has 0 aliphatic carbocycles. The molecule has 3 heterocycles. The second-order valence-electron chi connectivity index (χ2n) is 7.30. The number of aliphatic hydroxyl groups is 1. The lowest BCUT2D eigenvalue weighted by Crippen LogP contribution is -2.47. The molecule has 1 aromatic carbocycles. The first kappa shape index (κ1) is 18.8. The minimum absolute atomic E-state index is 0.187. The number of amides is 1. The van der Waals surface area contributed by atoms with Crippen LogP contribution in [0.3, 0.4) is 0 Å². The van der Waals surface area contributed by atoms with Crippen molar-refractivity contribution >= 4 is 28.2 Å². The van der Waals surface area contributed by atoms with Crippen LogP contribution in [0.4, 0.5) is 9.18 Å². The quantitative estimate of drug-likeness (QED) is 0.486. The first-order chi connectivity index (χ1) is 13.8. The number of benzene rings is 1. The summed E-state index contributed by atoms with van der Waals surface area (Å²) in [4.78, 5) is 23.9. The Morgan fingerprint density at radius 3 is 2.97 bits per heavy atom. The summed E-state index contributed by atoms with van der Waals surface area (Å²) >= 11 is 0. The molecule has 150 valence electrons. The van der Waals surface area contributed by atoms with Crippen LogP contribution < -0.4 is 10.1 Å². The van der Waals surface area contributed by atoms with Crippen molar-refractivity contribution in [2.45, 2.75) is 19.4 Å². The number of hydrogen-bond acceptors (Lipinski definition) is 6. The van der Waals surface area contributed by atoms with Crippen molar-refractivity contribution in [3.8, 4) is 17.1 Å². The molecular formula is C19H19FN6O3. The maximum Gasteiger partial charge on any atom is 0.413 e. The number of nitrogens with one attached hydrogen (secondary N) is 2. The number of carbonyl (C=O) groups excluding carboxylic acids is 1. The van der Waals surface area contributed by atoms with Gasteiger partial charge in [-0.3, -0.25) is 4.68 Å². The maximum atomic E-state index is 13.6. The second kappa shape index (κ2) is 6.82. The highest BCUT2D eigenvalue weighted by Crippen LogP contribution is 2.29. The summed E-state index contributed by atoms with van der Waals surface area (Å²) in [6.45, 7) is 3.08. The summed E-state index contributed by atoms with van der Waals surface area (Å²) in [5.74, 6) is -0.168. The summed E-state index contributed by atoms with van der Waals surface area (Å²) in [6, 6.07) is 4.39. The normalized spacial score (nSPS) is 11.9. The van der Waals surface area contributed by atoms with Gasteiger partial charge >= 0.3 is 6.09 Å². The summed E-state index contributed by atoms with van der Waals surface area (Å²) in [5.41, 5.74) is 1.56. The number of aliphatic hydroxyl groups excluding tert-OH is 1. The van der Waals surface area contributed by atoms with E-state index in [0.29, 0.717) is 28.1 Å². The number of fused-ring (bicyclic) bond motifs is 2. The molecule has 29 heavy (non-hydrogen) atoms. The van der Waals surface area contributed by atoms with Crippen molar-refractivity contribution in [1.82, 2.24) is 30.0 Å². The Bertz CT molecular complexity index is 1230. The molecule has 0 radical (unpaired) electrons. The van der Waals surface area contributed by atoms with Crippen LogP contribution in [-0.4, -0.2) is 48.1 Å². The SMILES string of the molecule is Cn1nc(-c2cnc3[nH]cc(OC(=O)NC(C)(C)CO)c3n2)c2ccc(F)cc21. The van der Waals surface area contributed by atoms with Gasteiger partial charge in [-0.2, -0.15) is 5.10 Å². The third-order valence-corrected chi connectivity index (χ3v) is 4.44. The summed E-state index contributed by atoms with van der Waals surface area (Å²) in [5, 5.41) is 17.0. The van der Waals surface area contributed by atoms with E-state index in [2.05, 4.69) is 25.4 Å². The highest BCUT2D eigenvalue weighted by atomic mass is 19.1. The molecule has 4 rings (SSSR count). The van der Waals surface area contributed by atoms with E-state index in [1.54, 1.807) is 37.8 Å². The number of hydrogen-bond donors (Lipinski definition) is 3. The zero-order valence-electron chi connectivity index (χ0n) is 16.0. The first-order valence-corrected chi connectivity index (χ1v) is 8.85. The largest absolute Gasteiger partial charge is 0.413 e. The van der Waals surface area contributed by atoms with Gasteiger partial charge in [0.2, 0.25) is 0 Å². The Kier molecular flexibility index (Phi) is 4.42. The van der Waals surface area contributed by atoms with Crippen molar-refractivity contribution in [1.29, 1.82) is 0 Å². The summed E-state index contributed by atoms with van der Waals surface area (Å²) in [7, 11) is 1.72. The standard InChI is InChI=1S/C19H19FN6O3/c1-19(2,9-27)24-18(28)29-14-8-22-17-16(14)23-12(7-21-17)15-11-5-4-10(20)6-13(11)26(3)25-15/h4-8,27H,9H2,1-3H3,(H,21,22)(H,24,28). The molecule has 4 aromatic rings. The molecule has 3 aromatic heterocycles. The number of halogens is 1. The molecule has 10 heteroatoms. The van der Waals surface area contributed by atoms with Crippen LogP contribution in [0.1, 0.15) is 13.8 Å². The van der Waals surface area contributed by atoms with Crippen LogP contribution in [0.25, 0.3) is 33.5 Å². The van der Waals surface area contributed by atoms with E-state index in [-0.39, 0.29) is 18.2 Å². The molecule has 0 saturated heterocycles. The summed E-state index contributed by atoms with van der Waals surface area (Å²) < 4.78 is 20.5. The lowest BCUT2D eigenvalue weighted by Gasteiger charge is -2.22. The zero-order chi connectivity index (χ0) is 20.8.